The van der Waals surface area contributed by atoms with E-state index in [1.165, 1.54) is 6.42 Å². The van der Waals surface area contributed by atoms with Crippen LogP contribution in [0.2, 0.25) is 0 Å². The average Bonchev–Trinajstić information content (AvgIpc) is 2.45. The van der Waals surface area contributed by atoms with Gasteiger partial charge in [-0.2, -0.15) is 8.42 Å². The van der Waals surface area contributed by atoms with Crippen LogP contribution in [0.3, 0.4) is 0 Å². The van der Waals surface area contributed by atoms with Crippen molar-refractivity contribution in [2.45, 2.75) is 32.6 Å². The van der Waals surface area contributed by atoms with E-state index in [2.05, 4.69) is 6.92 Å². The summed E-state index contributed by atoms with van der Waals surface area (Å²) in [6.07, 6.45) is 4.91. The fourth-order valence-corrected chi connectivity index (χ4v) is 1.29. The maximum absolute atomic E-state index is 11.0. The molecule has 1 aliphatic heterocycles. The van der Waals surface area contributed by atoms with Crippen molar-refractivity contribution in [1.82, 2.24) is 4.90 Å². The van der Waals surface area contributed by atoms with Crippen LogP contribution < -0.4 is 0 Å². The molecule has 1 rings (SSSR count). The Labute approximate surface area is 91.2 Å². The normalized spacial score (nSPS) is 16.2. The van der Waals surface area contributed by atoms with Crippen molar-refractivity contribution in [2.75, 3.05) is 19.3 Å². The number of hydrogen-bond acceptors (Lipinski definition) is 3. The fourth-order valence-electron chi connectivity index (χ4n) is 1.29. The smallest absolute Gasteiger partial charge is 0.261 e. The topological polar surface area (TPSA) is 74.7 Å². The number of amides is 1. The zero-order valence-electron chi connectivity index (χ0n) is 9.27. The van der Waals surface area contributed by atoms with Crippen LogP contribution in [0.25, 0.3) is 0 Å². The monoisotopic (exact) mass is 237 g/mol. The van der Waals surface area contributed by atoms with Crippen molar-refractivity contribution in [2.24, 2.45) is 0 Å². The van der Waals surface area contributed by atoms with Gasteiger partial charge in [0.15, 0.2) is 0 Å². The van der Waals surface area contributed by atoms with E-state index in [0.29, 0.717) is 12.2 Å². The fraction of sp³-hybridized carbons (Fsp3) is 0.889. The quantitative estimate of drug-likeness (QED) is 0.740. The predicted molar refractivity (Wildman–Crippen MR) is 58.2 cm³/mol. The van der Waals surface area contributed by atoms with Crippen LogP contribution in [0.5, 0.6) is 0 Å². The second-order valence-electron chi connectivity index (χ2n) is 3.57. The Bertz CT molecular complexity index is 278. The lowest BCUT2D eigenvalue weighted by atomic mass is 10.3. The summed E-state index contributed by atoms with van der Waals surface area (Å²) in [6.45, 7) is 4.13. The van der Waals surface area contributed by atoms with Crippen molar-refractivity contribution >= 4 is 16.0 Å². The van der Waals surface area contributed by atoms with Gasteiger partial charge in [-0.3, -0.25) is 9.35 Å². The average molecular weight is 237 g/mol. The number of carbonyl (C=O) groups is 1. The molecular weight excluding hydrogens is 218 g/mol. The first-order valence-electron chi connectivity index (χ1n) is 5.05. The van der Waals surface area contributed by atoms with Gasteiger partial charge in [0, 0.05) is 19.5 Å². The van der Waals surface area contributed by atoms with Crippen LogP contribution in [-0.2, 0) is 14.9 Å². The van der Waals surface area contributed by atoms with E-state index >= 15 is 0 Å². The van der Waals surface area contributed by atoms with Crippen molar-refractivity contribution in [3.63, 3.8) is 0 Å². The first-order valence-corrected chi connectivity index (χ1v) is 6.89. The SMILES string of the molecule is CCCCN1CCCC1=O.CS(=O)(=O)O. The first-order chi connectivity index (χ1) is 6.84. The second-order valence-corrected chi connectivity index (χ2v) is 5.04. The molecule has 1 heterocycles. The van der Waals surface area contributed by atoms with E-state index in [1.54, 1.807) is 0 Å². The molecule has 1 aliphatic rings. The lowest BCUT2D eigenvalue weighted by Crippen LogP contribution is -2.25. The van der Waals surface area contributed by atoms with Gasteiger partial charge in [-0.05, 0) is 12.8 Å². The maximum Gasteiger partial charge on any atom is 0.261 e. The van der Waals surface area contributed by atoms with Gasteiger partial charge >= 0.3 is 0 Å². The third kappa shape index (κ3) is 9.68. The highest BCUT2D eigenvalue weighted by Gasteiger charge is 2.18. The zero-order chi connectivity index (χ0) is 11.9. The van der Waals surface area contributed by atoms with Crippen molar-refractivity contribution < 1.29 is 17.8 Å². The highest BCUT2D eigenvalue weighted by molar-refractivity contribution is 7.85. The molecule has 0 aromatic rings. The second kappa shape index (κ2) is 6.79. The summed E-state index contributed by atoms with van der Waals surface area (Å²) in [6, 6.07) is 0. The van der Waals surface area contributed by atoms with Gasteiger partial charge < -0.3 is 4.90 Å². The van der Waals surface area contributed by atoms with Gasteiger partial charge in [-0.15, -0.1) is 0 Å². The van der Waals surface area contributed by atoms with Gasteiger partial charge in [-0.25, -0.2) is 0 Å². The molecule has 0 aromatic carbocycles. The molecular formula is C9H19NO4S. The van der Waals surface area contributed by atoms with Crippen LogP contribution >= 0.6 is 0 Å². The molecule has 1 fully saturated rings. The molecule has 0 bridgehead atoms. The minimum Gasteiger partial charge on any atom is -0.343 e. The first kappa shape index (κ1) is 14.4. The Hall–Kier alpha value is -0.620. The molecule has 90 valence electrons. The van der Waals surface area contributed by atoms with Gasteiger partial charge in [0.2, 0.25) is 5.91 Å². The van der Waals surface area contributed by atoms with Crippen LogP contribution in [-0.4, -0.2) is 43.1 Å². The van der Waals surface area contributed by atoms with E-state index in [9.17, 15) is 13.2 Å². The van der Waals surface area contributed by atoms with E-state index in [4.69, 9.17) is 4.55 Å². The van der Waals surface area contributed by atoms with Crippen LogP contribution in [0.15, 0.2) is 0 Å². The predicted octanol–water partition coefficient (Wildman–Crippen LogP) is 0.913. The molecule has 15 heavy (non-hydrogen) atoms. The summed E-state index contributed by atoms with van der Waals surface area (Å²) in [7, 11) is -3.67. The van der Waals surface area contributed by atoms with Crippen LogP contribution in [0.4, 0.5) is 0 Å². The third-order valence-corrected chi connectivity index (χ3v) is 1.95. The van der Waals surface area contributed by atoms with Gasteiger partial charge in [0.1, 0.15) is 0 Å². The largest absolute Gasteiger partial charge is 0.343 e. The van der Waals surface area contributed by atoms with Gasteiger partial charge in [-0.1, -0.05) is 13.3 Å². The third-order valence-electron chi connectivity index (χ3n) is 1.95. The minimum atomic E-state index is -3.67. The van der Waals surface area contributed by atoms with Crippen molar-refractivity contribution in [1.29, 1.82) is 0 Å². The maximum atomic E-state index is 11.0. The standard InChI is InChI=1S/C8H15NO.CH4O3S/c1-2-3-6-9-7-4-5-8(9)10;1-5(2,3)4/h2-7H2,1H3;1H3,(H,2,3,4). The van der Waals surface area contributed by atoms with E-state index in [1.807, 2.05) is 4.90 Å². The van der Waals surface area contributed by atoms with E-state index < -0.39 is 10.1 Å². The molecule has 0 spiro atoms. The molecule has 1 saturated heterocycles. The number of unbranched alkanes of at least 4 members (excludes halogenated alkanes) is 1. The molecule has 0 atom stereocenters. The van der Waals surface area contributed by atoms with Crippen LogP contribution in [0, 0.1) is 0 Å². The number of nitrogens with zero attached hydrogens (tertiary/aromatic N) is 1. The molecule has 0 saturated carbocycles. The minimum absolute atomic E-state index is 0.355. The molecule has 1 N–H and O–H groups in total. The summed E-state index contributed by atoms with van der Waals surface area (Å²) >= 11 is 0. The number of carbonyl (C=O) groups excluding carboxylic acids is 1. The Morgan fingerprint density at radius 2 is 2.00 bits per heavy atom. The summed E-state index contributed by atoms with van der Waals surface area (Å²) < 4.78 is 25.9. The summed E-state index contributed by atoms with van der Waals surface area (Å²) in [4.78, 5) is 13.0. The Kier molecular flexibility index (Phi) is 6.51. The molecule has 1 amide bonds. The lowest BCUT2D eigenvalue weighted by molar-refractivity contribution is -0.127. The van der Waals surface area contributed by atoms with Gasteiger partial charge in [0.25, 0.3) is 10.1 Å². The summed E-state index contributed by atoms with van der Waals surface area (Å²) in [5.74, 6) is 0.355. The lowest BCUT2D eigenvalue weighted by Gasteiger charge is -2.13. The Balaban J connectivity index is 0.000000336. The molecule has 0 radical (unpaired) electrons. The molecule has 0 aliphatic carbocycles. The van der Waals surface area contributed by atoms with Crippen molar-refractivity contribution in [3.05, 3.63) is 0 Å². The van der Waals surface area contributed by atoms with E-state index in [0.717, 1.165) is 32.4 Å². The Morgan fingerprint density at radius 1 is 1.47 bits per heavy atom. The molecule has 0 aromatic heterocycles. The molecule has 0 unspecified atom stereocenters. The van der Waals surface area contributed by atoms with Gasteiger partial charge in [0.05, 0.1) is 6.26 Å². The highest BCUT2D eigenvalue weighted by atomic mass is 32.2. The number of likely N-dealkylation sites (tertiary alicyclic amines) is 1. The zero-order valence-corrected chi connectivity index (χ0v) is 10.1. The summed E-state index contributed by atoms with van der Waals surface area (Å²) in [5, 5.41) is 0. The molecule has 6 heteroatoms. The number of hydrogen-bond donors (Lipinski definition) is 1. The summed E-state index contributed by atoms with van der Waals surface area (Å²) in [5.41, 5.74) is 0. The Morgan fingerprint density at radius 3 is 2.33 bits per heavy atom. The molecule has 5 nitrogen and oxygen atoms in total. The van der Waals surface area contributed by atoms with E-state index in [-0.39, 0.29) is 0 Å². The van der Waals surface area contributed by atoms with Crippen LogP contribution in [0.1, 0.15) is 32.6 Å². The van der Waals surface area contributed by atoms with Crippen molar-refractivity contribution in [3.8, 4) is 0 Å². The highest BCUT2D eigenvalue weighted by Crippen LogP contribution is 2.09. The number of rotatable bonds is 3.